The lowest BCUT2D eigenvalue weighted by Crippen LogP contribution is -2.56. The van der Waals surface area contributed by atoms with Crippen LogP contribution >= 0.6 is 11.6 Å². The van der Waals surface area contributed by atoms with E-state index in [1.165, 1.54) is 36.4 Å². The first-order chi connectivity index (χ1) is 20.2. The Hall–Kier alpha value is -3.84. The molecule has 1 saturated carbocycles. The zero-order valence-electron chi connectivity index (χ0n) is 22.2. The van der Waals surface area contributed by atoms with Gasteiger partial charge in [-0.25, -0.2) is 18.2 Å². The van der Waals surface area contributed by atoms with Gasteiger partial charge in [-0.05, 0) is 49.2 Å². The Kier molecular flexibility index (Phi) is 8.32. The summed E-state index contributed by atoms with van der Waals surface area (Å²) < 4.78 is 82.0. The summed E-state index contributed by atoms with van der Waals surface area (Å²) in [6.45, 7) is 0. The number of anilines is 2. The number of alkyl halides is 5. The van der Waals surface area contributed by atoms with E-state index in [1.807, 2.05) is 0 Å². The lowest BCUT2D eigenvalue weighted by Gasteiger charge is -2.39. The largest absolute Gasteiger partial charge is 0.433 e. The number of halogens is 7. The van der Waals surface area contributed by atoms with Gasteiger partial charge < -0.3 is 15.3 Å². The fourth-order valence-corrected chi connectivity index (χ4v) is 5.64. The quantitative estimate of drug-likeness (QED) is 0.321. The summed E-state index contributed by atoms with van der Waals surface area (Å²) in [6, 6.07) is 9.85. The molecule has 2 N–H and O–H groups in total. The molecule has 14 heteroatoms. The molecule has 0 radical (unpaired) electrons. The van der Waals surface area contributed by atoms with E-state index in [0.29, 0.717) is 0 Å². The van der Waals surface area contributed by atoms with Crippen LogP contribution in [-0.4, -0.2) is 46.1 Å². The fourth-order valence-electron chi connectivity index (χ4n) is 5.40. The van der Waals surface area contributed by atoms with E-state index in [9.17, 15) is 41.0 Å². The first kappa shape index (κ1) is 30.6. The minimum Gasteiger partial charge on any atom is -0.374 e. The lowest BCUT2D eigenvalue weighted by atomic mass is 9.87. The second kappa shape index (κ2) is 11.7. The molecule has 1 aliphatic carbocycles. The highest BCUT2D eigenvalue weighted by Crippen LogP contribution is 2.40. The normalized spacial score (nSPS) is 20.8. The van der Waals surface area contributed by atoms with Gasteiger partial charge in [0.1, 0.15) is 35.6 Å². The molecular weight excluding hydrogens is 602 g/mol. The van der Waals surface area contributed by atoms with Crippen LogP contribution in [-0.2, 0) is 15.8 Å². The standard InChI is InChI=1S/C29H25ClF6N4O3/c30-20-8-2-1-7-19(20)25(26(42)37-17-14-28(32,33)15-17)39(18-6-3-5-16(31)13-18)27(43)21-11-12-24(41)40(21)23-10-4-9-22(38-23)29(34,35)36/h1-10,13,17,21,24-25,41H,11-12,14-15H2,(H,37,42)/t21-,24?,25-/m0/s1. The van der Waals surface area contributed by atoms with Gasteiger partial charge in [0.05, 0.1) is 0 Å². The maximum absolute atomic E-state index is 14.5. The molecule has 1 saturated heterocycles. The highest BCUT2D eigenvalue weighted by Gasteiger charge is 2.49. The Labute approximate surface area is 247 Å². The number of hydrogen-bond acceptors (Lipinski definition) is 5. The third-order valence-electron chi connectivity index (χ3n) is 7.40. The van der Waals surface area contributed by atoms with Crippen molar-refractivity contribution in [3.05, 3.63) is 88.8 Å². The summed E-state index contributed by atoms with van der Waals surface area (Å²) in [5.74, 6) is -5.84. The molecule has 5 rings (SSSR count). The van der Waals surface area contributed by atoms with E-state index in [1.54, 1.807) is 6.07 Å². The Balaban J connectivity index is 1.60. The van der Waals surface area contributed by atoms with Crippen molar-refractivity contribution in [2.75, 3.05) is 9.80 Å². The summed E-state index contributed by atoms with van der Waals surface area (Å²) in [6.07, 6.45) is -7.55. The van der Waals surface area contributed by atoms with Crippen LogP contribution in [0.4, 0.5) is 37.8 Å². The van der Waals surface area contributed by atoms with Crippen LogP contribution in [0, 0.1) is 5.82 Å². The predicted octanol–water partition coefficient (Wildman–Crippen LogP) is 5.87. The van der Waals surface area contributed by atoms with Crippen LogP contribution in [0.2, 0.25) is 5.02 Å². The molecule has 1 unspecified atom stereocenters. The van der Waals surface area contributed by atoms with Gasteiger partial charge in [-0.1, -0.05) is 41.9 Å². The van der Waals surface area contributed by atoms with Crippen LogP contribution in [0.3, 0.4) is 0 Å². The number of aromatic nitrogens is 1. The maximum atomic E-state index is 14.5. The summed E-state index contributed by atoms with van der Waals surface area (Å²) in [7, 11) is 0. The van der Waals surface area contributed by atoms with Crippen molar-refractivity contribution < 1.29 is 41.0 Å². The minimum absolute atomic E-state index is 0.0363. The molecule has 0 spiro atoms. The lowest BCUT2D eigenvalue weighted by molar-refractivity contribution is -0.141. The monoisotopic (exact) mass is 626 g/mol. The van der Waals surface area contributed by atoms with Crippen molar-refractivity contribution >= 4 is 34.9 Å². The number of pyridine rings is 1. The van der Waals surface area contributed by atoms with Crippen molar-refractivity contribution in [2.24, 2.45) is 0 Å². The molecule has 2 aliphatic rings. The molecule has 2 heterocycles. The van der Waals surface area contributed by atoms with Crippen LogP contribution in [0.1, 0.15) is 43.0 Å². The molecule has 2 amide bonds. The molecule has 228 valence electrons. The maximum Gasteiger partial charge on any atom is 0.433 e. The number of hydrogen-bond donors (Lipinski definition) is 2. The van der Waals surface area contributed by atoms with Gasteiger partial charge in [0.25, 0.3) is 11.8 Å². The minimum atomic E-state index is -4.81. The third kappa shape index (κ3) is 6.42. The summed E-state index contributed by atoms with van der Waals surface area (Å²) in [5.41, 5.74) is -1.27. The number of benzene rings is 2. The number of aliphatic hydroxyl groups excluding tert-OH is 1. The summed E-state index contributed by atoms with van der Waals surface area (Å²) in [5, 5.41) is 13.3. The SMILES string of the molecule is O=C(NC1CC(F)(F)C1)[C@H](c1ccccc1Cl)N(C(=O)[C@@H]1CCC(O)N1c1cccc(C(F)(F)F)n1)c1cccc(F)c1. The molecule has 1 aromatic heterocycles. The molecule has 0 bridgehead atoms. The van der Waals surface area contributed by atoms with Gasteiger partial charge in [0.15, 0.2) is 0 Å². The summed E-state index contributed by atoms with van der Waals surface area (Å²) in [4.78, 5) is 33.8. The first-order valence-electron chi connectivity index (χ1n) is 13.3. The van der Waals surface area contributed by atoms with E-state index >= 15 is 0 Å². The fraction of sp³-hybridized carbons (Fsp3) is 0.345. The molecule has 2 aromatic carbocycles. The predicted molar refractivity (Wildman–Crippen MR) is 145 cm³/mol. The van der Waals surface area contributed by atoms with Crippen molar-refractivity contribution in [1.82, 2.24) is 10.3 Å². The molecule has 7 nitrogen and oxygen atoms in total. The average Bonchev–Trinajstić information content (AvgIpc) is 3.31. The van der Waals surface area contributed by atoms with E-state index in [0.717, 1.165) is 34.1 Å². The van der Waals surface area contributed by atoms with Crippen LogP contribution in [0.25, 0.3) is 0 Å². The van der Waals surface area contributed by atoms with E-state index < -0.39 is 72.6 Å². The van der Waals surface area contributed by atoms with Crippen LogP contribution < -0.4 is 15.1 Å². The average molecular weight is 627 g/mol. The zero-order chi connectivity index (χ0) is 31.1. The highest BCUT2D eigenvalue weighted by atomic mass is 35.5. The van der Waals surface area contributed by atoms with Gasteiger partial charge >= 0.3 is 6.18 Å². The number of amides is 2. The Bertz CT molecular complexity index is 1520. The van der Waals surface area contributed by atoms with Gasteiger partial charge in [-0.3, -0.25) is 14.5 Å². The number of rotatable bonds is 7. The number of nitrogens with zero attached hydrogens (tertiary/aromatic N) is 3. The molecule has 1 aliphatic heterocycles. The van der Waals surface area contributed by atoms with Crippen molar-refractivity contribution in [1.29, 1.82) is 0 Å². The van der Waals surface area contributed by atoms with Crippen LogP contribution in [0.15, 0.2) is 66.7 Å². The number of carbonyl (C=O) groups is 2. The smallest absolute Gasteiger partial charge is 0.374 e. The van der Waals surface area contributed by atoms with E-state index in [2.05, 4.69) is 10.3 Å². The Morgan fingerprint density at radius 3 is 2.40 bits per heavy atom. The zero-order valence-corrected chi connectivity index (χ0v) is 23.0. The number of aliphatic hydroxyl groups is 1. The number of nitrogens with one attached hydrogen (secondary N) is 1. The van der Waals surface area contributed by atoms with Crippen molar-refractivity contribution in [2.45, 2.75) is 62.1 Å². The molecule has 3 atom stereocenters. The van der Waals surface area contributed by atoms with Gasteiger partial charge in [-0.15, -0.1) is 0 Å². The van der Waals surface area contributed by atoms with E-state index in [4.69, 9.17) is 11.6 Å². The molecule has 3 aromatic rings. The van der Waals surface area contributed by atoms with Gasteiger partial charge in [0, 0.05) is 35.2 Å². The van der Waals surface area contributed by atoms with Crippen molar-refractivity contribution in [3.63, 3.8) is 0 Å². The molecular formula is C29H25ClF6N4O3. The summed E-state index contributed by atoms with van der Waals surface area (Å²) >= 11 is 6.45. The second-order valence-corrected chi connectivity index (χ2v) is 10.8. The van der Waals surface area contributed by atoms with E-state index in [-0.39, 0.29) is 34.9 Å². The van der Waals surface area contributed by atoms with Crippen molar-refractivity contribution in [3.8, 4) is 0 Å². The molecule has 43 heavy (non-hydrogen) atoms. The third-order valence-corrected chi connectivity index (χ3v) is 7.74. The topological polar surface area (TPSA) is 85.8 Å². The molecule has 2 fully saturated rings. The first-order valence-corrected chi connectivity index (χ1v) is 13.6. The Morgan fingerprint density at radius 2 is 1.74 bits per heavy atom. The Morgan fingerprint density at radius 1 is 1.05 bits per heavy atom. The highest BCUT2D eigenvalue weighted by molar-refractivity contribution is 6.31. The second-order valence-electron chi connectivity index (χ2n) is 10.4. The van der Waals surface area contributed by atoms with Crippen LogP contribution in [0.5, 0.6) is 0 Å². The number of carbonyl (C=O) groups excluding carboxylic acids is 2. The van der Waals surface area contributed by atoms with Gasteiger partial charge in [-0.2, -0.15) is 13.2 Å². The van der Waals surface area contributed by atoms with Gasteiger partial charge in [0.2, 0.25) is 5.91 Å².